The molecule has 2 amide bonds. The number of nitrogens with zero attached hydrogens (tertiary/aromatic N) is 2. The van der Waals surface area contributed by atoms with Gasteiger partial charge in [-0.1, -0.05) is 13.8 Å². The van der Waals surface area contributed by atoms with Crippen LogP contribution in [0.4, 0.5) is 4.79 Å². The molecule has 0 bridgehead atoms. The van der Waals surface area contributed by atoms with Crippen LogP contribution in [-0.2, 0) is 0 Å². The molecule has 0 aromatic carbocycles. The number of amides is 2. The van der Waals surface area contributed by atoms with Gasteiger partial charge in [-0.25, -0.2) is 4.79 Å². The molecule has 0 aromatic rings. The molecule has 4 nitrogen and oxygen atoms in total. The third-order valence-electron chi connectivity index (χ3n) is 4.56. The molecule has 3 atom stereocenters. The number of urea groups is 1. The summed E-state index contributed by atoms with van der Waals surface area (Å²) in [6.45, 7) is 6.17. The summed E-state index contributed by atoms with van der Waals surface area (Å²) in [6, 6.07) is 0.370. The molecule has 0 spiro atoms. The van der Waals surface area contributed by atoms with Crippen LogP contribution in [-0.4, -0.2) is 53.2 Å². The Morgan fingerprint density at radius 2 is 2.00 bits per heavy atom. The lowest BCUT2D eigenvalue weighted by atomic mass is 9.76. The van der Waals surface area contributed by atoms with Crippen LogP contribution in [0.3, 0.4) is 0 Å². The average Bonchev–Trinajstić information content (AvgIpc) is 2.32. The van der Waals surface area contributed by atoms with Gasteiger partial charge in [0.25, 0.3) is 0 Å². The fraction of sp³-hybridized carbons (Fsp3) is 0.929. The van der Waals surface area contributed by atoms with E-state index in [0.717, 1.165) is 38.8 Å². The molecule has 2 rings (SSSR count). The van der Waals surface area contributed by atoms with Crippen LogP contribution >= 0.6 is 0 Å². The molecule has 4 heteroatoms. The first-order valence-electron chi connectivity index (χ1n) is 7.20. The highest BCUT2D eigenvalue weighted by Crippen LogP contribution is 2.34. The topological polar surface area (TPSA) is 43.8 Å². The standard InChI is InChI=1S/C14H26N2O2/c1-10(2)12-6-5-11(17)9-13(12)16-8-4-7-15(3)14(16)18/h10-13,17H,4-9H2,1-3H3. The lowest BCUT2D eigenvalue weighted by molar-refractivity contribution is 0.0132. The molecule has 1 aliphatic carbocycles. The minimum absolute atomic E-state index is 0.144. The van der Waals surface area contributed by atoms with Crippen LogP contribution in [0.5, 0.6) is 0 Å². The highest BCUT2D eigenvalue weighted by Gasteiger charge is 2.39. The van der Waals surface area contributed by atoms with E-state index in [1.54, 1.807) is 0 Å². The normalized spacial score (nSPS) is 34.3. The summed E-state index contributed by atoms with van der Waals surface area (Å²) in [6.07, 6.45) is 3.49. The highest BCUT2D eigenvalue weighted by atomic mass is 16.3. The van der Waals surface area contributed by atoms with Gasteiger partial charge in [0.15, 0.2) is 0 Å². The Labute approximate surface area is 110 Å². The fourth-order valence-electron chi connectivity index (χ4n) is 3.48. The largest absolute Gasteiger partial charge is 0.393 e. The number of hydrogen-bond acceptors (Lipinski definition) is 2. The minimum atomic E-state index is -0.231. The molecule has 0 aromatic heterocycles. The summed E-state index contributed by atoms with van der Waals surface area (Å²) in [5.74, 6) is 1.10. The zero-order chi connectivity index (χ0) is 13.3. The first-order valence-corrected chi connectivity index (χ1v) is 7.20. The highest BCUT2D eigenvalue weighted by molar-refractivity contribution is 5.75. The SMILES string of the molecule is CC(C)C1CCC(O)CC1N1CCCN(C)C1=O. The molecular weight excluding hydrogens is 228 g/mol. The van der Waals surface area contributed by atoms with Gasteiger partial charge in [-0.3, -0.25) is 0 Å². The summed E-state index contributed by atoms with van der Waals surface area (Å²) >= 11 is 0. The summed E-state index contributed by atoms with van der Waals surface area (Å²) in [5, 5.41) is 9.91. The maximum absolute atomic E-state index is 12.3. The van der Waals surface area contributed by atoms with Crippen molar-refractivity contribution in [1.29, 1.82) is 0 Å². The van der Waals surface area contributed by atoms with E-state index in [2.05, 4.69) is 13.8 Å². The fourth-order valence-corrected chi connectivity index (χ4v) is 3.48. The van der Waals surface area contributed by atoms with Gasteiger partial charge >= 0.3 is 6.03 Å². The van der Waals surface area contributed by atoms with E-state index < -0.39 is 0 Å². The van der Waals surface area contributed by atoms with Crippen LogP contribution in [0.1, 0.15) is 39.5 Å². The molecule has 3 unspecified atom stereocenters. The number of carbonyl (C=O) groups is 1. The van der Waals surface area contributed by atoms with Crippen molar-refractivity contribution in [1.82, 2.24) is 9.80 Å². The van der Waals surface area contributed by atoms with E-state index in [0.29, 0.717) is 11.8 Å². The summed E-state index contributed by atoms with van der Waals surface area (Å²) < 4.78 is 0. The van der Waals surface area contributed by atoms with E-state index in [4.69, 9.17) is 0 Å². The smallest absolute Gasteiger partial charge is 0.320 e. The Balaban J connectivity index is 2.13. The number of rotatable bonds is 2. The van der Waals surface area contributed by atoms with E-state index >= 15 is 0 Å². The summed E-state index contributed by atoms with van der Waals surface area (Å²) in [5.41, 5.74) is 0. The molecule has 1 saturated heterocycles. The predicted molar refractivity (Wildman–Crippen MR) is 71.3 cm³/mol. The Hall–Kier alpha value is -0.770. The quantitative estimate of drug-likeness (QED) is 0.818. The molecule has 1 saturated carbocycles. The monoisotopic (exact) mass is 254 g/mol. The van der Waals surface area contributed by atoms with Gasteiger partial charge < -0.3 is 14.9 Å². The van der Waals surface area contributed by atoms with Crippen LogP contribution in [0.2, 0.25) is 0 Å². The second-order valence-corrected chi connectivity index (χ2v) is 6.19. The van der Waals surface area contributed by atoms with Crippen LogP contribution < -0.4 is 0 Å². The third kappa shape index (κ3) is 2.63. The maximum atomic E-state index is 12.3. The van der Waals surface area contributed by atoms with Crippen LogP contribution in [0, 0.1) is 11.8 Å². The Morgan fingerprint density at radius 3 is 2.67 bits per heavy atom. The summed E-state index contributed by atoms with van der Waals surface area (Å²) in [4.78, 5) is 16.1. The van der Waals surface area contributed by atoms with Gasteiger partial charge in [0.1, 0.15) is 0 Å². The van der Waals surface area contributed by atoms with Crippen LogP contribution in [0.15, 0.2) is 0 Å². The molecule has 2 fully saturated rings. The Kier molecular flexibility index (Phi) is 4.15. The lowest BCUT2D eigenvalue weighted by Gasteiger charge is -2.46. The molecule has 1 N–H and O–H groups in total. The second kappa shape index (κ2) is 5.47. The second-order valence-electron chi connectivity index (χ2n) is 6.19. The number of hydrogen-bond donors (Lipinski definition) is 1. The van der Waals surface area contributed by atoms with E-state index in [1.165, 1.54) is 0 Å². The number of carbonyl (C=O) groups excluding carboxylic acids is 1. The average molecular weight is 254 g/mol. The van der Waals surface area contributed by atoms with Gasteiger partial charge in [0.2, 0.25) is 0 Å². The van der Waals surface area contributed by atoms with Gasteiger partial charge in [0, 0.05) is 26.2 Å². The third-order valence-corrected chi connectivity index (χ3v) is 4.56. The molecule has 18 heavy (non-hydrogen) atoms. The molecule has 2 aliphatic rings. The van der Waals surface area contributed by atoms with Crippen molar-refractivity contribution in [3.63, 3.8) is 0 Å². The van der Waals surface area contributed by atoms with E-state index in [1.807, 2.05) is 16.8 Å². The summed E-state index contributed by atoms with van der Waals surface area (Å²) in [7, 11) is 1.87. The molecule has 0 radical (unpaired) electrons. The van der Waals surface area contributed by atoms with Crippen molar-refractivity contribution in [3.05, 3.63) is 0 Å². The first-order chi connectivity index (χ1) is 8.50. The van der Waals surface area contributed by atoms with Crippen molar-refractivity contribution in [2.75, 3.05) is 20.1 Å². The Morgan fingerprint density at radius 1 is 1.28 bits per heavy atom. The first kappa shape index (κ1) is 13.7. The predicted octanol–water partition coefficient (Wildman–Crippen LogP) is 1.93. The van der Waals surface area contributed by atoms with Crippen molar-refractivity contribution < 1.29 is 9.90 Å². The molecule has 104 valence electrons. The lowest BCUT2D eigenvalue weighted by Crippen LogP contribution is -2.56. The van der Waals surface area contributed by atoms with Crippen LogP contribution in [0.25, 0.3) is 0 Å². The van der Waals surface area contributed by atoms with Crippen molar-refractivity contribution in [3.8, 4) is 0 Å². The van der Waals surface area contributed by atoms with Gasteiger partial charge in [0.05, 0.1) is 6.10 Å². The van der Waals surface area contributed by atoms with Gasteiger partial charge in [-0.15, -0.1) is 0 Å². The number of aliphatic hydroxyl groups excluding tert-OH is 1. The zero-order valence-corrected chi connectivity index (χ0v) is 11.8. The van der Waals surface area contributed by atoms with Gasteiger partial charge in [-0.05, 0) is 37.5 Å². The van der Waals surface area contributed by atoms with E-state index in [-0.39, 0.29) is 18.2 Å². The van der Waals surface area contributed by atoms with Crippen molar-refractivity contribution >= 4 is 6.03 Å². The Bertz CT molecular complexity index is 306. The van der Waals surface area contributed by atoms with E-state index in [9.17, 15) is 9.90 Å². The molecule has 1 heterocycles. The maximum Gasteiger partial charge on any atom is 0.320 e. The molecule has 1 aliphatic heterocycles. The van der Waals surface area contributed by atoms with Crippen molar-refractivity contribution in [2.45, 2.75) is 51.7 Å². The zero-order valence-electron chi connectivity index (χ0n) is 11.8. The number of aliphatic hydroxyl groups is 1. The molecular formula is C14H26N2O2. The van der Waals surface area contributed by atoms with Gasteiger partial charge in [-0.2, -0.15) is 0 Å². The minimum Gasteiger partial charge on any atom is -0.393 e. The van der Waals surface area contributed by atoms with Crippen molar-refractivity contribution in [2.24, 2.45) is 11.8 Å².